The van der Waals surface area contributed by atoms with Crippen LogP contribution in [0, 0.1) is 0 Å². The fourth-order valence-electron chi connectivity index (χ4n) is 9.25. The Morgan fingerprint density at radius 1 is 0.271 bits per heavy atom. The van der Waals surface area contributed by atoms with Crippen LogP contribution in [0.4, 0.5) is 0 Å². The number of hydrogen-bond donors (Lipinski definition) is 0. The Labute approximate surface area is 341 Å². The zero-order valence-corrected chi connectivity index (χ0v) is 32.0. The molecule has 274 valence electrons. The predicted molar refractivity (Wildman–Crippen MR) is 247 cm³/mol. The van der Waals surface area contributed by atoms with Gasteiger partial charge in [-0.2, -0.15) is 0 Å². The molecule has 59 heavy (non-hydrogen) atoms. The van der Waals surface area contributed by atoms with Crippen LogP contribution in [-0.2, 0) is 0 Å². The Balaban J connectivity index is 1.09. The second-order valence-corrected chi connectivity index (χ2v) is 15.4. The lowest BCUT2D eigenvalue weighted by Gasteiger charge is -2.22. The summed E-state index contributed by atoms with van der Waals surface area (Å²) < 4.78 is 2.15. The van der Waals surface area contributed by atoms with Crippen molar-refractivity contribution in [3.8, 4) is 61.8 Å². The molecule has 12 aromatic rings. The topological polar surface area (TPSA) is 30.7 Å². The van der Waals surface area contributed by atoms with Crippen molar-refractivity contribution in [2.75, 3.05) is 0 Å². The van der Waals surface area contributed by atoms with Gasteiger partial charge >= 0.3 is 0 Å². The van der Waals surface area contributed by atoms with Crippen LogP contribution < -0.4 is 0 Å². The van der Waals surface area contributed by atoms with Gasteiger partial charge < -0.3 is 0 Å². The number of nitrogens with zero attached hydrogens (tertiary/aromatic N) is 3. The molecule has 3 heteroatoms. The monoisotopic (exact) mass is 749 g/mol. The van der Waals surface area contributed by atoms with E-state index < -0.39 is 0 Å². The number of rotatable bonds is 6. The van der Waals surface area contributed by atoms with E-state index in [4.69, 9.17) is 10.2 Å². The van der Waals surface area contributed by atoms with Crippen molar-refractivity contribution in [3.63, 3.8) is 0 Å². The first-order valence-corrected chi connectivity index (χ1v) is 20.2. The SMILES string of the molecule is c1ccc(-c2nnc(-c3ccc(-c4cc5ccc6cccc7c(-c8ccc9ccccc9c8)c(-c8ccc9ccccc9c8)c(c4)c5c67)cc3)n2-c2ccccc2)cc1. The first-order chi connectivity index (χ1) is 29.2. The summed E-state index contributed by atoms with van der Waals surface area (Å²) in [6, 6.07) is 76.9. The molecule has 0 amide bonds. The molecule has 0 N–H and O–H groups in total. The van der Waals surface area contributed by atoms with E-state index in [1.165, 1.54) is 81.7 Å². The molecule has 0 saturated heterocycles. The molecule has 0 aliphatic rings. The molecule has 0 radical (unpaired) electrons. The van der Waals surface area contributed by atoms with Crippen LogP contribution in [0.1, 0.15) is 0 Å². The van der Waals surface area contributed by atoms with Crippen molar-refractivity contribution in [1.29, 1.82) is 0 Å². The van der Waals surface area contributed by atoms with E-state index in [0.717, 1.165) is 34.0 Å². The number of para-hydroxylation sites is 1. The molecule has 0 atom stereocenters. The highest BCUT2D eigenvalue weighted by Crippen LogP contribution is 2.49. The number of benzene rings is 11. The van der Waals surface area contributed by atoms with Gasteiger partial charge in [-0.3, -0.25) is 4.57 Å². The van der Waals surface area contributed by atoms with Gasteiger partial charge in [0, 0.05) is 16.8 Å². The Morgan fingerprint density at radius 2 is 0.729 bits per heavy atom. The van der Waals surface area contributed by atoms with E-state index in [1.54, 1.807) is 0 Å². The highest BCUT2D eigenvalue weighted by molar-refractivity contribution is 6.31. The van der Waals surface area contributed by atoms with Gasteiger partial charge in [0.1, 0.15) is 0 Å². The molecule has 1 heterocycles. The van der Waals surface area contributed by atoms with Crippen LogP contribution in [0.15, 0.2) is 212 Å². The zero-order valence-electron chi connectivity index (χ0n) is 32.0. The minimum absolute atomic E-state index is 0.802. The van der Waals surface area contributed by atoms with Crippen LogP contribution in [0.3, 0.4) is 0 Å². The quantitative estimate of drug-likeness (QED) is 0.159. The van der Waals surface area contributed by atoms with Gasteiger partial charge in [0.2, 0.25) is 0 Å². The van der Waals surface area contributed by atoms with E-state index in [2.05, 4.69) is 193 Å². The standard InChI is InChI=1S/C56H35N3/c1-3-14-40(15-4-1)55-57-58-56(59(55)48-19-5-2-6-20-48)41-27-22-38(23-28-41)47-34-46-31-26-39-18-11-21-49-51(39)53(46)50(35-47)54(45-30-25-37-13-8-10-17-43(37)33-45)52(49)44-29-24-36-12-7-9-16-42(36)32-44/h1-35H. The first kappa shape index (κ1) is 33.3. The molecule has 0 aliphatic heterocycles. The maximum atomic E-state index is 4.77. The molecule has 0 bridgehead atoms. The van der Waals surface area contributed by atoms with Gasteiger partial charge in [0.25, 0.3) is 0 Å². The van der Waals surface area contributed by atoms with Crippen LogP contribution in [0.5, 0.6) is 0 Å². The summed E-state index contributed by atoms with van der Waals surface area (Å²) in [5, 5.41) is 22.1. The zero-order chi connectivity index (χ0) is 38.9. The van der Waals surface area contributed by atoms with Gasteiger partial charge in [-0.1, -0.05) is 176 Å². The summed E-state index contributed by atoms with van der Waals surface area (Å²) >= 11 is 0. The van der Waals surface area contributed by atoms with Crippen molar-refractivity contribution in [2.24, 2.45) is 0 Å². The van der Waals surface area contributed by atoms with Crippen molar-refractivity contribution in [1.82, 2.24) is 14.8 Å². The van der Waals surface area contributed by atoms with Crippen LogP contribution in [0.25, 0.3) is 116 Å². The van der Waals surface area contributed by atoms with Gasteiger partial charge in [0.15, 0.2) is 11.6 Å². The van der Waals surface area contributed by atoms with Crippen molar-refractivity contribution in [2.45, 2.75) is 0 Å². The number of aromatic nitrogens is 3. The van der Waals surface area contributed by atoms with Crippen molar-refractivity contribution in [3.05, 3.63) is 212 Å². The average molecular weight is 750 g/mol. The summed E-state index contributed by atoms with van der Waals surface area (Å²) in [5.74, 6) is 1.61. The summed E-state index contributed by atoms with van der Waals surface area (Å²) in [5.41, 5.74) is 10.3. The van der Waals surface area contributed by atoms with E-state index in [9.17, 15) is 0 Å². The maximum Gasteiger partial charge on any atom is 0.168 e. The normalized spacial score (nSPS) is 11.7. The molecule has 1 aromatic heterocycles. The van der Waals surface area contributed by atoms with E-state index in [-0.39, 0.29) is 0 Å². The second-order valence-electron chi connectivity index (χ2n) is 15.4. The molecule has 0 saturated carbocycles. The predicted octanol–water partition coefficient (Wildman–Crippen LogP) is 14.8. The van der Waals surface area contributed by atoms with Crippen molar-refractivity contribution >= 4 is 53.9 Å². The minimum Gasteiger partial charge on any atom is -0.275 e. The Hall–Kier alpha value is -7.88. The Kier molecular flexibility index (Phi) is 7.54. The van der Waals surface area contributed by atoms with Gasteiger partial charge in [-0.05, 0) is 124 Å². The highest BCUT2D eigenvalue weighted by Gasteiger charge is 2.22. The third-order valence-corrected chi connectivity index (χ3v) is 12.0. The summed E-state index contributed by atoms with van der Waals surface area (Å²) in [4.78, 5) is 0. The van der Waals surface area contributed by atoms with Gasteiger partial charge in [-0.15, -0.1) is 10.2 Å². The molecule has 0 unspecified atom stereocenters. The average Bonchev–Trinajstić information content (AvgIpc) is 3.76. The molecular formula is C56H35N3. The molecule has 12 rings (SSSR count). The fraction of sp³-hybridized carbons (Fsp3) is 0. The van der Waals surface area contributed by atoms with Crippen molar-refractivity contribution < 1.29 is 0 Å². The molecule has 0 spiro atoms. The van der Waals surface area contributed by atoms with Crippen LogP contribution in [0.2, 0.25) is 0 Å². The van der Waals surface area contributed by atoms with Gasteiger partial charge in [0.05, 0.1) is 0 Å². The van der Waals surface area contributed by atoms with E-state index in [1.807, 2.05) is 24.3 Å². The van der Waals surface area contributed by atoms with Crippen LogP contribution >= 0.6 is 0 Å². The Bertz CT molecular complexity index is 3530. The first-order valence-electron chi connectivity index (χ1n) is 20.2. The summed E-state index contributed by atoms with van der Waals surface area (Å²) in [6.45, 7) is 0. The summed E-state index contributed by atoms with van der Waals surface area (Å²) in [7, 11) is 0. The molecule has 3 nitrogen and oxygen atoms in total. The van der Waals surface area contributed by atoms with Crippen LogP contribution in [-0.4, -0.2) is 14.8 Å². The molecular weight excluding hydrogens is 715 g/mol. The number of hydrogen-bond acceptors (Lipinski definition) is 2. The largest absolute Gasteiger partial charge is 0.275 e. The molecule has 0 fully saturated rings. The lowest BCUT2D eigenvalue weighted by atomic mass is 9.81. The third-order valence-electron chi connectivity index (χ3n) is 12.0. The highest BCUT2D eigenvalue weighted by atomic mass is 15.3. The van der Waals surface area contributed by atoms with E-state index in [0.29, 0.717) is 0 Å². The number of fused-ring (bicyclic) bond motifs is 2. The summed E-state index contributed by atoms with van der Waals surface area (Å²) in [6.07, 6.45) is 0. The maximum absolute atomic E-state index is 4.77. The fourth-order valence-corrected chi connectivity index (χ4v) is 9.25. The smallest absolute Gasteiger partial charge is 0.168 e. The molecule has 11 aromatic carbocycles. The van der Waals surface area contributed by atoms with Gasteiger partial charge in [-0.25, -0.2) is 0 Å². The second kappa shape index (κ2) is 13.4. The van der Waals surface area contributed by atoms with E-state index >= 15 is 0 Å². The third kappa shape index (κ3) is 5.44. The Morgan fingerprint density at radius 3 is 1.39 bits per heavy atom. The minimum atomic E-state index is 0.802. The lowest BCUT2D eigenvalue weighted by Crippen LogP contribution is -2.00. The lowest BCUT2D eigenvalue weighted by molar-refractivity contribution is 1.07. The molecule has 0 aliphatic carbocycles.